The van der Waals surface area contributed by atoms with Gasteiger partial charge in [0.15, 0.2) is 0 Å². The molecule has 2 aromatic carbocycles. The van der Waals surface area contributed by atoms with Gasteiger partial charge < -0.3 is 4.90 Å². The monoisotopic (exact) mass is 313 g/mol. The quantitative estimate of drug-likeness (QED) is 0.743. The fourth-order valence-electron chi connectivity index (χ4n) is 2.47. The van der Waals surface area contributed by atoms with Crippen LogP contribution in [0.2, 0.25) is 0 Å². The summed E-state index contributed by atoms with van der Waals surface area (Å²) in [7, 11) is 1.78. The van der Waals surface area contributed by atoms with Crippen LogP contribution >= 0.6 is 0 Å². The third kappa shape index (κ3) is 5.51. The molecule has 2 nitrogen and oxygen atoms in total. The number of hydrogen-bond acceptors (Lipinski definition) is 1. The molecule has 0 atom stereocenters. The molecule has 2 aromatic rings. The summed E-state index contributed by atoms with van der Waals surface area (Å²) in [4.78, 5) is 14.0. The van der Waals surface area contributed by atoms with Gasteiger partial charge in [0, 0.05) is 13.6 Å². The predicted octanol–water partition coefficient (Wildman–Crippen LogP) is 4.37. The lowest BCUT2D eigenvalue weighted by Gasteiger charge is -2.17. The van der Waals surface area contributed by atoms with Crippen molar-refractivity contribution in [3.63, 3.8) is 0 Å². The molecule has 0 unspecified atom stereocenters. The van der Waals surface area contributed by atoms with E-state index in [9.17, 15) is 9.18 Å². The highest BCUT2D eigenvalue weighted by Gasteiger charge is 2.10. The number of halogens is 1. The number of nitrogens with zero attached hydrogens (tertiary/aromatic N) is 1. The highest BCUT2D eigenvalue weighted by molar-refractivity contribution is 5.78. The fraction of sp³-hybridized carbons (Fsp3) is 0.350. The molecule has 0 heterocycles. The fourth-order valence-corrected chi connectivity index (χ4v) is 2.47. The normalized spacial score (nSPS) is 10.6. The first kappa shape index (κ1) is 17.2. The lowest BCUT2D eigenvalue weighted by Crippen LogP contribution is -2.27. The lowest BCUT2D eigenvalue weighted by atomic mass is 10.0. The molecule has 0 fully saturated rings. The third-order valence-corrected chi connectivity index (χ3v) is 3.96. The largest absolute Gasteiger partial charge is 0.341 e. The smallest absolute Gasteiger partial charge is 0.227 e. The van der Waals surface area contributed by atoms with E-state index >= 15 is 0 Å². The topological polar surface area (TPSA) is 20.3 Å². The first-order valence-corrected chi connectivity index (χ1v) is 8.14. The molecule has 0 aromatic heterocycles. The van der Waals surface area contributed by atoms with Crippen LogP contribution < -0.4 is 0 Å². The van der Waals surface area contributed by atoms with Crippen molar-refractivity contribution in [1.29, 1.82) is 0 Å². The molecule has 0 bridgehead atoms. The van der Waals surface area contributed by atoms with Gasteiger partial charge in [0.25, 0.3) is 0 Å². The zero-order chi connectivity index (χ0) is 16.7. The van der Waals surface area contributed by atoms with Gasteiger partial charge in [0.1, 0.15) is 5.82 Å². The van der Waals surface area contributed by atoms with Gasteiger partial charge in [-0.3, -0.25) is 4.79 Å². The number of hydrogen-bond donors (Lipinski definition) is 0. The SMILES string of the molecule is CCCCc1ccc(CC(=O)N(C)Cc2ccc(F)cc2)cc1. The highest BCUT2D eigenvalue weighted by atomic mass is 19.1. The molecule has 0 saturated carbocycles. The summed E-state index contributed by atoms with van der Waals surface area (Å²) in [6.45, 7) is 2.68. The zero-order valence-corrected chi connectivity index (χ0v) is 13.9. The van der Waals surface area contributed by atoms with Gasteiger partial charge in [-0.25, -0.2) is 4.39 Å². The molecule has 0 radical (unpaired) electrons. The molecular weight excluding hydrogens is 289 g/mol. The van der Waals surface area contributed by atoms with E-state index in [1.807, 2.05) is 12.1 Å². The lowest BCUT2D eigenvalue weighted by molar-refractivity contribution is -0.129. The van der Waals surface area contributed by atoms with Crippen LogP contribution in [0.25, 0.3) is 0 Å². The Kier molecular flexibility index (Phi) is 6.33. The Morgan fingerprint density at radius 1 is 0.957 bits per heavy atom. The van der Waals surface area contributed by atoms with Crippen molar-refractivity contribution in [2.45, 2.75) is 39.2 Å². The van der Waals surface area contributed by atoms with Crippen LogP contribution in [-0.2, 0) is 24.2 Å². The number of amides is 1. The van der Waals surface area contributed by atoms with E-state index in [0.717, 1.165) is 17.5 Å². The second-order valence-electron chi connectivity index (χ2n) is 5.97. The van der Waals surface area contributed by atoms with E-state index in [1.165, 1.54) is 30.5 Å². The van der Waals surface area contributed by atoms with Crippen LogP contribution in [0.4, 0.5) is 4.39 Å². The number of unbranched alkanes of at least 4 members (excludes halogenated alkanes) is 1. The van der Waals surface area contributed by atoms with Crippen LogP contribution in [0, 0.1) is 5.82 Å². The molecule has 0 aliphatic carbocycles. The average Bonchev–Trinajstić information content (AvgIpc) is 2.56. The Hall–Kier alpha value is -2.16. The van der Waals surface area contributed by atoms with E-state index in [0.29, 0.717) is 13.0 Å². The number of carbonyl (C=O) groups excluding carboxylic acids is 1. The van der Waals surface area contributed by atoms with Gasteiger partial charge in [0.2, 0.25) is 5.91 Å². The molecule has 23 heavy (non-hydrogen) atoms. The molecule has 0 aliphatic heterocycles. The molecule has 0 saturated heterocycles. The van der Waals surface area contributed by atoms with Crippen molar-refractivity contribution < 1.29 is 9.18 Å². The minimum Gasteiger partial charge on any atom is -0.341 e. The van der Waals surface area contributed by atoms with E-state index in [-0.39, 0.29) is 11.7 Å². The number of rotatable bonds is 7. The van der Waals surface area contributed by atoms with Crippen LogP contribution in [0.15, 0.2) is 48.5 Å². The number of benzene rings is 2. The summed E-state index contributed by atoms with van der Waals surface area (Å²) in [6, 6.07) is 14.5. The van der Waals surface area contributed by atoms with Crippen molar-refractivity contribution in [2.75, 3.05) is 7.05 Å². The van der Waals surface area contributed by atoms with Crippen molar-refractivity contribution in [3.05, 3.63) is 71.0 Å². The zero-order valence-electron chi connectivity index (χ0n) is 13.9. The molecule has 2 rings (SSSR count). The van der Waals surface area contributed by atoms with Gasteiger partial charge in [-0.2, -0.15) is 0 Å². The number of likely N-dealkylation sites (N-methyl/N-ethyl adjacent to an activating group) is 1. The van der Waals surface area contributed by atoms with E-state index in [4.69, 9.17) is 0 Å². The molecule has 3 heteroatoms. The molecule has 0 spiro atoms. The van der Waals surface area contributed by atoms with Gasteiger partial charge in [-0.15, -0.1) is 0 Å². The van der Waals surface area contributed by atoms with Gasteiger partial charge in [0.05, 0.1) is 6.42 Å². The molecule has 1 amide bonds. The Labute approximate surface area is 137 Å². The standard InChI is InChI=1S/C20H24FNO/c1-3-4-5-16-6-8-17(9-7-16)14-20(23)22(2)15-18-10-12-19(21)13-11-18/h6-13H,3-5,14-15H2,1-2H3. The summed E-state index contributed by atoms with van der Waals surface area (Å²) >= 11 is 0. The van der Waals surface area contributed by atoms with E-state index in [2.05, 4.69) is 19.1 Å². The van der Waals surface area contributed by atoms with Crippen LogP contribution in [0.3, 0.4) is 0 Å². The average molecular weight is 313 g/mol. The van der Waals surface area contributed by atoms with Crippen molar-refractivity contribution in [2.24, 2.45) is 0 Å². The van der Waals surface area contributed by atoms with Gasteiger partial charge in [-0.05, 0) is 41.7 Å². The number of carbonyl (C=O) groups is 1. The van der Waals surface area contributed by atoms with Gasteiger partial charge >= 0.3 is 0 Å². The minimum absolute atomic E-state index is 0.0654. The Bertz CT molecular complexity index is 619. The van der Waals surface area contributed by atoms with Crippen LogP contribution in [0.1, 0.15) is 36.5 Å². The first-order chi connectivity index (χ1) is 11.1. The van der Waals surface area contributed by atoms with Crippen molar-refractivity contribution >= 4 is 5.91 Å². The predicted molar refractivity (Wildman–Crippen MR) is 91.6 cm³/mol. The highest BCUT2D eigenvalue weighted by Crippen LogP contribution is 2.11. The van der Waals surface area contributed by atoms with Gasteiger partial charge in [-0.1, -0.05) is 49.7 Å². The third-order valence-electron chi connectivity index (χ3n) is 3.96. The summed E-state index contributed by atoms with van der Waals surface area (Å²) in [5.74, 6) is -0.193. The summed E-state index contributed by atoms with van der Waals surface area (Å²) in [5, 5.41) is 0. The first-order valence-electron chi connectivity index (χ1n) is 8.14. The van der Waals surface area contributed by atoms with Crippen molar-refractivity contribution in [3.8, 4) is 0 Å². The molecule has 0 aliphatic rings. The second kappa shape index (κ2) is 8.47. The van der Waals surface area contributed by atoms with Crippen LogP contribution in [0.5, 0.6) is 0 Å². The Balaban J connectivity index is 1.88. The minimum atomic E-state index is -0.258. The summed E-state index contributed by atoms with van der Waals surface area (Å²) in [6.07, 6.45) is 3.87. The maximum Gasteiger partial charge on any atom is 0.227 e. The molecule has 122 valence electrons. The maximum atomic E-state index is 12.9. The van der Waals surface area contributed by atoms with E-state index < -0.39 is 0 Å². The van der Waals surface area contributed by atoms with Crippen molar-refractivity contribution in [1.82, 2.24) is 4.90 Å². The summed E-state index contributed by atoms with van der Waals surface area (Å²) in [5.41, 5.74) is 3.28. The van der Waals surface area contributed by atoms with Crippen LogP contribution in [-0.4, -0.2) is 17.9 Å². The van der Waals surface area contributed by atoms with E-state index in [1.54, 1.807) is 24.1 Å². The molecule has 0 N–H and O–H groups in total. The summed E-state index contributed by atoms with van der Waals surface area (Å²) < 4.78 is 12.9. The number of aryl methyl sites for hydroxylation is 1. The Morgan fingerprint density at radius 2 is 1.52 bits per heavy atom. The maximum absolute atomic E-state index is 12.9. The molecular formula is C20H24FNO. The second-order valence-corrected chi connectivity index (χ2v) is 5.97. The Morgan fingerprint density at radius 3 is 2.13 bits per heavy atom.